The highest BCUT2D eigenvalue weighted by Crippen LogP contribution is 2.18. The zero-order valence-electron chi connectivity index (χ0n) is 9.98. The molecule has 3 N–H and O–H groups in total. The van der Waals surface area contributed by atoms with Gasteiger partial charge in [-0.3, -0.25) is 0 Å². The molecule has 0 saturated heterocycles. The number of ether oxygens (including phenoxy) is 1. The number of carbonyl (C=O) groups excluding carboxylic acids is 1. The van der Waals surface area contributed by atoms with Crippen molar-refractivity contribution in [1.82, 2.24) is 0 Å². The van der Waals surface area contributed by atoms with Crippen molar-refractivity contribution in [2.24, 2.45) is 5.41 Å². The Hall–Kier alpha value is -0.910. The quantitative estimate of drug-likeness (QED) is 0.448. The van der Waals surface area contributed by atoms with Gasteiger partial charge in [-0.25, -0.2) is 4.79 Å². The molecule has 96 valence electrons. The van der Waals surface area contributed by atoms with Gasteiger partial charge in [-0.15, -0.1) is 0 Å². The molecule has 0 aliphatic carbocycles. The highest BCUT2D eigenvalue weighted by atomic mass is 16.5. The topological polar surface area (TPSA) is 87.0 Å². The van der Waals surface area contributed by atoms with E-state index in [1.165, 1.54) is 0 Å². The maximum absolute atomic E-state index is 10.1. The van der Waals surface area contributed by atoms with Gasteiger partial charge in [0.25, 0.3) is 0 Å². The van der Waals surface area contributed by atoms with Crippen molar-refractivity contribution < 1.29 is 24.9 Å². The molecule has 16 heavy (non-hydrogen) atoms. The van der Waals surface area contributed by atoms with E-state index in [9.17, 15) is 4.79 Å². The van der Waals surface area contributed by atoms with Gasteiger partial charge in [0, 0.05) is 11.5 Å². The third-order valence-electron chi connectivity index (χ3n) is 2.21. The molecule has 0 aliphatic heterocycles. The van der Waals surface area contributed by atoms with Gasteiger partial charge >= 0.3 is 5.97 Å². The largest absolute Gasteiger partial charge is 0.463 e. The van der Waals surface area contributed by atoms with Crippen molar-refractivity contribution in [1.29, 1.82) is 0 Å². The van der Waals surface area contributed by atoms with E-state index >= 15 is 0 Å². The summed E-state index contributed by atoms with van der Waals surface area (Å²) in [6.45, 7) is 6.73. The lowest BCUT2D eigenvalue weighted by molar-refractivity contribution is -0.137. The molecule has 0 fully saturated rings. The summed E-state index contributed by atoms with van der Waals surface area (Å²) >= 11 is 0. The van der Waals surface area contributed by atoms with E-state index in [1.54, 1.807) is 6.92 Å². The van der Waals surface area contributed by atoms with Crippen LogP contribution in [-0.4, -0.2) is 47.7 Å². The molecule has 0 saturated carbocycles. The third-order valence-corrected chi connectivity index (χ3v) is 2.21. The summed E-state index contributed by atoms with van der Waals surface area (Å²) in [5.41, 5.74) is -0.667. The number of esters is 1. The number of aliphatic hydroxyl groups excluding tert-OH is 3. The molecular formula is C11H22O5. The van der Waals surface area contributed by atoms with Crippen LogP contribution in [0.1, 0.15) is 20.3 Å². The zero-order valence-corrected chi connectivity index (χ0v) is 9.98. The predicted molar refractivity (Wildman–Crippen MR) is 60.8 cm³/mol. The fraction of sp³-hybridized carbons (Fsp3) is 0.727. The Balaban J connectivity index is 0. The summed E-state index contributed by atoms with van der Waals surface area (Å²) in [5, 5.41) is 26.0. The average Bonchev–Trinajstić information content (AvgIpc) is 2.34. The molecule has 0 aromatic heterocycles. The molecule has 0 atom stereocenters. The molecule has 5 nitrogen and oxygen atoms in total. The molecule has 0 bridgehead atoms. The molecular weight excluding hydrogens is 212 g/mol. The van der Waals surface area contributed by atoms with E-state index in [2.05, 4.69) is 11.3 Å². The van der Waals surface area contributed by atoms with Gasteiger partial charge in [0.2, 0.25) is 0 Å². The summed E-state index contributed by atoms with van der Waals surface area (Å²) in [5.74, 6) is -0.359. The van der Waals surface area contributed by atoms with Crippen LogP contribution in [0, 0.1) is 5.41 Å². The van der Waals surface area contributed by atoms with Crippen LogP contribution in [0.25, 0.3) is 0 Å². The molecule has 0 radical (unpaired) electrons. The second-order valence-corrected chi connectivity index (χ2v) is 3.28. The molecule has 0 unspecified atom stereocenters. The molecule has 0 rings (SSSR count). The van der Waals surface area contributed by atoms with Gasteiger partial charge in [0.1, 0.15) is 0 Å². The fourth-order valence-electron chi connectivity index (χ4n) is 0.687. The average molecular weight is 234 g/mol. The van der Waals surface area contributed by atoms with Crippen molar-refractivity contribution in [3.63, 3.8) is 0 Å². The SMILES string of the molecule is C=CC(=O)OCC.CCC(CO)(CO)CO. The minimum atomic E-state index is -0.667. The van der Waals surface area contributed by atoms with Crippen LogP contribution in [0.5, 0.6) is 0 Å². The van der Waals surface area contributed by atoms with Gasteiger partial charge in [-0.2, -0.15) is 0 Å². The fourth-order valence-corrected chi connectivity index (χ4v) is 0.687. The van der Waals surface area contributed by atoms with Crippen LogP contribution in [0.4, 0.5) is 0 Å². The molecule has 0 aliphatic rings. The van der Waals surface area contributed by atoms with Crippen LogP contribution in [-0.2, 0) is 9.53 Å². The number of carbonyl (C=O) groups is 1. The van der Waals surface area contributed by atoms with Gasteiger partial charge in [-0.1, -0.05) is 13.5 Å². The minimum absolute atomic E-state index is 0.156. The Morgan fingerprint density at radius 1 is 1.25 bits per heavy atom. The first-order valence-corrected chi connectivity index (χ1v) is 5.17. The minimum Gasteiger partial charge on any atom is -0.463 e. The van der Waals surface area contributed by atoms with Gasteiger partial charge in [0.15, 0.2) is 0 Å². The van der Waals surface area contributed by atoms with Crippen LogP contribution in [0.15, 0.2) is 12.7 Å². The van der Waals surface area contributed by atoms with Crippen LogP contribution >= 0.6 is 0 Å². The summed E-state index contributed by atoms with van der Waals surface area (Å²) in [7, 11) is 0. The van der Waals surface area contributed by atoms with Crippen molar-refractivity contribution in [2.45, 2.75) is 20.3 Å². The normalized spacial score (nSPS) is 10.1. The zero-order chi connectivity index (χ0) is 13.0. The van der Waals surface area contributed by atoms with Crippen LogP contribution in [0.2, 0.25) is 0 Å². The highest BCUT2D eigenvalue weighted by Gasteiger charge is 2.24. The van der Waals surface area contributed by atoms with Crippen molar-refractivity contribution >= 4 is 5.97 Å². The summed E-state index contributed by atoms with van der Waals surface area (Å²) < 4.78 is 4.43. The molecule has 5 heteroatoms. The Morgan fingerprint density at radius 3 is 1.75 bits per heavy atom. The Kier molecular flexibility index (Phi) is 11.6. The van der Waals surface area contributed by atoms with Gasteiger partial charge in [0.05, 0.1) is 26.4 Å². The number of hydrogen-bond acceptors (Lipinski definition) is 5. The van der Waals surface area contributed by atoms with Crippen molar-refractivity contribution in [3.05, 3.63) is 12.7 Å². The third kappa shape index (κ3) is 7.39. The smallest absolute Gasteiger partial charge is 0.330 e. The summed E-state index contributed by atoms with van der Waals surface area (Å²) in [6.07, 6.45) is 1.74. The first-order valence-electron chi connectivity index (χ1n) is 5.17. The molecule has 0 amide bonds. The highest BCUT2D eigenvalue weighted by molar-refractivity contribution is 5.81. The first-order chi connectivity index (χ1) is 7.55. The van der Waals surface area contributed by atoms with Gasteiger partial charge in [-0.05, 0) is 13.3 Å². The summed E-state index contributed by atoms with van der Waals surface area (Å²) in [4.78, 5) is 10.1. The summed E-state index contributed by atoms with van der Waals surface area (Å²) in [6, 6.07) is 0. The van der Waals surface area contributed by atoms with E-state index < -0.39 is 5.41 Å². The molecule has 0 aromatic rings. The van der Waals surface area contributed by atoms with E-state index in [0.717, 1.165) is 6.08 Å². The lowest BCUT2D eigenvalue weighted by Gasteiger charge is -2.24. The second kappa shape index (κ2) is 10.6. The lowest BCUT2D eigenvalue weighted by atomic mass is 9.88. The first kappa shape index (κ1) is 17.5. The van der Waals surface area contributed by atoms with E-state index in [1.807, 2.05) is 6.92 Å². The molecule has 0 spiro atoms. The number of rotatable bonds is 6. The standard InChI is InChI=1S/C6H14O3.C5H8O2/c1-2-6(3-7,4-8)5-9;1-3-5(6)7-4-2/h7-9H,2-5H2,1H3;3H,1,4H2,2H3. The number of hydrogen-bond donors (Lipinski definition) is 3. The van der Waals surface area contributed by atoms with Crippen LogP contribution in [0.3, 0.4) is 0 Å². The van der Waals surface area contributed by atoms with Crippen LogP contribution < -0.4 is 0 Å². The Labute approximate surface area is 96.4 Å². The number of aliphatic hydroxyl groups is 3. The van der Waals surface area contributed by atoms with Crippen molar-refractivity contribution in [3.8, 4) is 0 Å². The van der Waals surface area contributed by atoms with E-state index in [0.29, 0.717) is 13.0 Å². The molecule has 0 heterocycles. The maximum atomic E-state index is 10.1. The van der Waals surface area contributed by atoms with Crippen molar-refractivity contribution in [2.75, 3.05) is 26.4 Å². The monoisotopic (exact) mass is 234 g/mol. The Morgan fingerprint density at radius 2 is 1.69 bits per heavy atom. The van der Waals surface area contributed by atoms with E-state index in [4.69, 9.17) is 15.3 Å². The second-order valence-electron chi connectivity index (χ2n) is 3.28. The Bertz CT molecular complexity index is 169. The molecule has 0 aromatic carbocycles. The van der Waals surface area contributed by atoms with E-state index in [-0.39, 0.29) is 25.8 Å². The van der Waals surface area contributed by atoms with Gasteiger partial charge < -0.3 is 20.1 Å². The lowest BCUT2D eigenvalue weighted by Crippen LogP contribution is -2.32. The predicted octanol–water partition coefficient (Wildman–Crippen LogP) is 0.0952. The maximum Gasteiger partial charge on any atom is 0.330 e.